The molecule has 3 heterocycles. The first-order valence-electron chi connectivity index (χ1n) is 7.16. The predicted molar refractivity (Wildman–Crippen MR) is 88.9 cm³/mol. The van der Waals surface area contributed by atoms with Crippen LogP contribution in [0.4, 0.5) is 19.0 Å². The molecule has 0 fully saturated rings. The summed E-state index contributed by atoms with van der Waals surface area (Å²) in [5, 5.41) is 5.19. The molecule has 2 N–H and O–H groups in total. The molecule has 0 aliphatic carbocycles. The number of hydrogen-bond acceptors (Lipinski definition) is 5. The first kappa shape index (κ1) is 15.6. The Hall–Kier alpha value is -2.94. The van der Waals surface area contributed by atoms with E-state index in [4.69, 9.17) is 5.73 Å². The van der Waals surface area contributed by atoms with Crippen LogP contribution in [-0.2, 0) is 6.18 Å². The van der Waals surface area contributed by atoms with E-state index in [1.54, 1.807) is 0 Å². The number of benzene rings is 1. The highest BCUT2D eigenvalue weighted by atomic mass is 32.1. The van der Waals surface area contributed by atoms with E-state index >= 15 is 0 Å². The largest absolute Gasteiger partial charge is 0.419 e. The third kappa shape index (κ3) is 2.72. The Kier molecular flexibility index (Phi) is 3.46. The summed E-state index contributed by atoms with van der Waals surface area (Å²) >= 11 is 1.35. The molecular formula is C16H10F3N5S. The van der Waals surface area contributed by atoms with Crippen molar-refractivity contribution in [1.82, 2.24) is 19.6 Å². The summed E-state index contributed by atoms with van der Waals surface area (Å²) < 4.78 is 40.7. The van der Waals surface area contributed by atoms with Gasteiger partial charge < -0.3 is 5.73 Å². The van der Waals surface area contributed by atoms with E-state index in [-0.39, 0.29) is 5.56 Å². The average molecular weight is 361 g/mol. The van der Waals surface area contributed by atoms with Gasteiger partial charge in [-0.05, 0) is 6.07 Å². The molecule has 4 rings (SSSR count). The van der Waals surface area contributed by atoms with Crippen molar-refractivity contribution in [3.8, 4) is 21.8 Å². The van der Waals surface area contributed by atoms with E-state index in [9.17, 15) is 13.2 Å². The number of anilines is 1. The Morgan fingerprint density at radius 1 is 1.00 bits per heavy atom. The van der Waals surface area contributed by atoms with Gasteiger partial charge in [-0.3, -0.25) is 0 Å². The molecule has 0 saturated heterocycles. The quantitative estimate of drug-likeness (QED) is 0.583. The third-order valence-corrected chi connectivity index (χ3v) is 4.60. The fourth-order valence-electron chi connectivity index (χ4n) is 2.43. The van der Waals surface area contributed by atoms with Crippen LogP contribution in [0.2, 0.25) is 0 Å². The third-order valence-electron chi connectivity index (χ3n) is 3.63. The molecule has 25 heavy (non-hydrogen) atoms. The zero-order chi connectivity index (χ0) is 17.6. The lowest BCUT2D eigenvalue weighted by Gasteiger charge is -2.10. The second-order valence-corrected chi connectivity index (χ2v) is 6.22. The van der Waals surface area contributed by atoms with Crippen LogP contribution in [0.5, 0.6) is 0 Å². The lowest BCUT2D eigenvalue weighted by molar-refractivity contribution is -0.137. The van der Waals surface area contributed by atoms with E-state index in [1.807, 2.05) is 30.3 Å². The molecule has 0 aliphatic rings. The number of halogens is 3. The summed E-state index contributed by atoms with van der Waals surface area (Å²) in [6, 6.07) is 10.5. The van der Waals surface area contributed by atoms with Gasteiger partial charge in [-0.15, -0.1) is 0 Å². The number of nitrogens with two attached hydrogens (primary N) is 1. The summed E-state index contributed by atoms with van der Waals surface area (Å²) in [5.74, 6) is -0.555. The first-order chi connectivity index (χ1) is 11.9. The maximum atomic E-state index is 13.1. The van der Waals surface area contributed by atoms with Crippen LogP contribution in [0.1, 0.15) is 5.56 Å². The van der Waals surface area contributed by atoms with Gasteiger partial charge in [0.2, 0.25) is 4.96 Å². The lowest BCUT2D eigenvalue weighted by Crippen LogP contribution is -2.10. The number of aromatic nitrogens is 4. The van der Waals surface area contributed by atoms with Gasteiger partial charge >= 0.3 is 6.18 Å². The van der Waals surface area contributed by atoms with Crippen molar-refractivity contribution in [2.45, 2.75) is 6.18 Å². The normalized spacial score (nSPS) is 12.0. The molecule has 0 bridgehead atoms. The van der Waals surface area contributed by atoms with Crippen molar-refractivity contribution >= 4 is 22.1 Å². The van der Waals surface area contributed by atoms with Gasteiger partial charge in [-0.25, -0.2) is 14.5 Å². The summed E-state index contributed by atoms with van der Waals surface area (Å²) in [4.78, 5) is 8.48. The van der Waals surface area contributed by atoms with Crippen LogP contribution in [0.25, 0.3) is 26.8 Å². The molecule has 0 saturated carbocycles. The van der Waals surface area contributed by atoms with Gasteiger partial charge in [0.25, 0.3) is 0 Å². The smallest absolute Gasteiger partial charge is 0.383 e. The minimum atomic E-state index is -4.58. The maximum Gasteiger partial charge on any atom is 0.419 e. The number of fused-ring (bicyclic) bond motifs is 1. The van der Waals surface area contributed by atoms with Gasteiger partial charge in [0.15, 0.2) is 0 Å². The predicted octanol–water partition coefficient (Wildman–Crippen LogP) is 4.12. The zero-order valence-corrected chi connectivity index (χ0v) is 13.3. The minimum Gasteiger partial charge on any atom is -0.383 e. The van der Waals surface area contributed by atoms with E-state index in [2.05, 4.69) is 15.1 Å². The molecule has 126 valence electrons. The van der Waals surface area contributed by atoms with E-state index in [0.29, 0.717) is 10.7 Å². The number of hydrogen-bond donors (Lipinski definition) is 1. The van der Waals surface area contributed by atoms with Gasteiger partial charge in [-0.2, -0.15) is 18.3 Å². The number of imidazole rings is 1. The van der Waals surface area contributed by atoms with Crippen molar-refractivity contribution in [2.24, 2.45) is 0 Å². The molecule has 9 heteroatoms. The van der Waals surface area contributed by atoms with Gasteiger partial charge in [0, 0.05) is 17.3 Å². The van der Waals surface area contributed by atoms with Crippen LogP contribution in [0.3, 0.4) is 0 Å². The van der Waals surface area contributed by atoms with Crippen LogP contribution in [0.15, 0.2) is 48.8 Å². The van der Waals surface area contributed by atoms with Crippen molar-refractivity contribution in [3.63, 3.8) is 0 Å². The number of rotatable bonds is 2. The Labute approximate surface area is 143 Å². The summed E-state index contributed by atoms with van der Waals surface area (Å²) in [6.45, 7) is 0. The molecular weight excluding hydrogens is 351 g/mol. The fourth-order valence-corrected chi connectivity index (χ4v) is 3.31. The van der Waals surface area contributed by atoms with Crippen molar-refractivity contribution in [2.75, 3.05) is 5.73 Å². The summed E-state index contributed by atoms with van der Waals surface area (Å²) in [7, 11) is 0. The molecule has 5 nitrogen and oxygen atoms in total. The average Bonchev–Trinajstić information content (AvgIpc) is 3.16. The highest BCUT2D eigenvalue weighted by Gasteiger charge is 2.34. The number of pyridine rings is 1. The van der Waals surface area contributed by atoms with Crippen molar-refractivity contribution in [3.05, 3.63) is 54.4 Å². The topological polar surface area (TPSA) is 69.1 Å². The Bertz CT molecular complexity index is 1050. The minimum absolute atomic E-state index is 0.249. The van der Waals surface area contributed by atoms with E-state index < -0.39 is 17.6 Å². The molecule has 0 amide bonds. The molecule has 0 aliphatic heterocycles. The molecule has 0 spiro atoms. The maximum absolute atomic E-state index is 13.1. The molecule has 4 aromatic rings. The summed E-state index contributed by atoms with van der Waals surface area (Å²) in [5.41, 5.74) is 5.96. The van der Waals surface area contributed by atoms with Gasteiger partial charge in [-0.1, -0.05) is 41.7 Å². The van der Waals surface area contributed by atoms with E-state index in [1.165, 1.54) is 28.2 Å². The van der Waals surface area contributed by atoms with Crippen LogP contribution >= 0.6 is 11.3 Å². The van der Waals surface area contributed by atoms with E-state index in [0.717, 1.165) is 16.6 Å². The van der Waals surface area contributed by atoms with Crippen LogP contribution in [-0.4, -0.2) is 19.6 Å². The zero-order valence-electron chi connectivity index (χ0n) is 12.5. The molecule has 0 atom stereocenters. The summed E-state index contributed by atoms with van der Waals surface area (Å²) in [6.07, 6.45) is -1.81. The monoisotopic (exact) mass is 361 g/mol. The first-order valence-corrected chi connectivity index (χ1v) is 7.98. The van der Waals surface area contributed by atoms with Gasteiger partial charge in [0.1, 0.15) is 10.8 Å². The van der Waals surface area contributed by atoms with Crippen molar-refractivity contribution in [1.29, 1.82) is 0 Å². The van der Waals surface area contributed by atoms with Gasteiger partial charge in [0.05, 0.1) is 17.5 Å². The second-order valence-electron chi connectivity index (χ2n) is 5.27. The van der Waals surface area contributed by atoms with Crippen LogP contribution < -0.4 is 5.73 Å². The second kappa shape index (κ2) is 5.55. The highest BCUT2D eigenvalue weighted by molar-refractivity contribution is 7.19. The fraction of sp³-hybridized carbons (Fsp3) is 0.0625. The Morgan fingerprint density at radius 2 is 1.76 bits per heavy atom. The Morgan fingerprint density at radius 3 is 2.48 bits per heavy atom. The van der Waals surface area contributed by atoms with Crippen LogP contribution in [0, 0.1) is 0 Å². The molecule has 0 radical (unpaired) electrons. The Balaban J connectivity index is 1.84. The molecule has 1 aromatic carbocycles. The number of nitrogen functional groups attached to an aromatic ring is 1. The lowest BCUT2D eigenvalue weighted by atomic mass is 10.1. The molecule has 3 aromatic heterocycles. The highest BCUT2D eigenvalue weighted by Crippen LogP contribution is 2.36. The number of alkyl halides is 3. The standard InChI is InChI=1S/C16H10F3N5S/c17-16(18,19)11-6-10(7-21-13(11)20)12-8-22-15-24(12)23-14(25-15)9-4-2-1-3-5-9/h1-8H,(H2,20,21). The number of nitrogens with zero attached hydrogens (tertiary/aromatic N) is 4. The van der Waals surface area contributed by atoms with Crippen molar-refractivity contribution < 1.29 is 13.2 Å². The molecule has 0 unspecified atom stereocenters. The SMILES string of the molecule is Nc1ncc(-c2cnc3sc(-c4ccccc4)nn23)cc1C(F)(F)F.